The van der Waals surface area contributed by atoms with E-state index in [2.05, 4.69) is 17.2 Å². The van der Waals surface area contributed by atoms with Crippen molar-refractivity contribution in [1.82, 2.24) is 9.88 Å². The number of thiophene rings is 1. The summed E-state index contributed by atoms with van der Waals surface area (Å²) >= 11 is 4.41. The van der Waals surface area contributed by atoms with Crippen LogP contribution in [0.5, 0.6) is 0 Å². The first-order chi connectivity index (χ1) is 12.1. The molecule has 0 aliphatic carbocycles. The number of likely N-dealkylation sites (tertiary alicyclic amines) is 1. The van der Waals surface area contributed by atoms with E-state index in [0.717, 1.165) is 30.0 Å². The molecule has 3 heterocycles. The summed E-state index contributed by atoms with van der Waals surface area (Å²) in [5, 5.41) is 7.36. The molecule has 0 spiro atoms. The van der Waals surface area contributed by atoms with Crippen molar-refractivity contribution >= 4 is 51.4 Å². The highest BCUT2D eigenvalue weighted by atomic mass is 32.2. The zero-order valence-corrected chi connectivity index (χ0v) is 16.5. The molecule has 0 unspecified atom stereocenters. The maximum atomic E-state index is 12.2. The first-order valence-corrected chi connectivity index (χ1v) is 11.2. The van der Waals surface area contributed by atoms with Crippen LogP contribution in [-0.2, 0) is 9.59 Å². The highest BCUT2D eigenvalue weighted by Gasteiger charge is 2.23. The number of amides is 2. The standard InChI is InChI=1S/C17H21N3O2S3/c1-12-5-2-3-7-20(12)16(22)11-23-10-15(21)19-17-18-13(9-25-17)14-6-4-8-24-14/h4,6,8-9,12H,2-3,5,7,10-11H2,1H3,(H,18,19,21)/t12-/m1/s1. The van der Waals surface area contributed by atoms with Gasteiger partial charge in [0, 0.05) is 18.0 Å². The second-order valence-corrected chi connectivity index (χ2v) is 8.78. The lowest BCUT2D eigenvalue weighted by Gasteiger charge is -2.33. The molecule has 0 bridgehead atoms. The maximum absolute atomic E-state index is 12.2. The summed E-state index contributed by atoms with van der Waals surface area (Å²) in [5.41, 5.74) is 0.886. The Labute approximate surface area is 159 Å². The molecule has 2 amide bonds. The van der Waals surface area contributed by atoms with E-state index in [1.165, 1.54) is 29.5 Å². The fourth-order valence-corrected chi connectivity index (χ4v) is 4.99. The Kier molecular flexibility index (Phi) is 6.50. The SMILES string of the molecule is C[C@@H]1CCCCN1C(=O)CSCC(=O)Nc1nc(-c2cccs2)cs1. The van der Waals surface area contributed by atoms with Gasteiger partial charge in [0.1, 0.15) is 0 Å². The van der Waals surface area contributed by atoms with Gasteiger partial charge in [0.2, 0.25) is 11.8 Å². The molecule has 0 aromatic carbocycles. The van der Waals surface area contributed by atoms with Crippen molar-refractivity contribution in [3.63, 3.8) is 0 Å². The lowest BCUT2D eigenvalue weighted by Crippen LogP contribution is -2.43. The number of rotatable bonds is 6. The highest BCUT2D eigenvalue weighted by Crippen LogP contribution is 2.28. The molecule has 1 atom stereocenters. The van der Waals surface area contributed by atoms with Crippen LogP contribution in [0.1, 0.15) is 26.2 Å². The summed E-state index contributed by atoms with van der Waals surface area (Å²) in [6, 6.07) is 4.31. The van der Waals surface area contributed by atoms with Crippen LogP contribution >= 0.6 is 34.4 Å². The molecule has 1 aliphatic heterocycles. The van der Waals surface area contributed by atoms with Crippen LogP contribution in [0.3, 0.4) is 0 Å². The number of carbonyl (C=O) groups is 2. The molecule has 2 aromatic rings. The van der Waals surface area contributed by atoms with Crippen molar-refractivity contribution in [2.45, 2.75) is 32.2 Å². The Morgan fingerprint density at radius 1 is 1.36 bits per heavy atom. The van der Waals surface area contributed by atoms with E-state index in [1.54, 1.807) is 11.3 Å². The van der Waals surface area contributed by atoms with Gasteiger partial charge < -0.3 is 10.2 Å². The van der Waals surface area contributed by atoms with Gasteiger partial charge in [-0.15, -0.1) is 34.4 Å². The Morgan fingerprint density at radius 3 is 3.00 bits per heavy atom. The van der Waals surface area contributed by atoms with Crippen LogP contribution in [0, 0.1) is 0 Å². The molecule has 3 rings (SSSR count). The van der Waals surface area contributed by atoms with Crippen LogP contribution < -0.4 is 5.32 Å². The van der Waals surface area contributed by atoms with Gasteiger partial charge >= 0.3 is 0 Å². The van der Waals surface area contributed by atoms with Crippen molar-refractivity contribution in [2.24, 2.45) is 0 Å². The number of aromatic nitrogens is 1. The van der Waals surface area contributed by atoms with Crippen LogP contribution in [0.15, 0.2) is 22.9 Å². The number of nitrogens with zero attached hydrogens (tertiary/aromatic N) is 2. The van der Waals surface area contributed by atoms with Gasteiger partial charge in [-0.25, -0.2) is 4.98 Å². The summed E-state index contributed by atoms with van der Waals surface area (Å²) in [5.74, 6) is 0.647. The maximum Gasteiger partial charge on any atom is 0.236 e. The average molecular weight is 396 g/mol. The molecule has 2 aromatic heterocycles. The zero-order valence-electron chi connectivity index (χ0n) is 14.1. The summed E-state index contributed by atoms with van der Waals surface area (Å²) in [7, 11) is 0. The van der Waals surface area contributed by atoms with Crippen molar-refractivity contribution in [3.8, 4) is 10.6 Å². The van der Waals surface area contributed by atoms with Crippen molar-refractivity contribution in [2.75, 3.05) is 23.4 Å². The minimum atomic E-state index is -0.114. The van der Waals surface area contributed by atoms with Gasteiger partial charge in [0.25, 0.3) is 0 Å². The van der Waals surface area contributed by atoms with E-state index in [0.29, 0.717) is 16.9 Å². The van der Waals surface area contributed by atoms with E-state index in [9.17, 15) is 9.59 Å². The minimum Gasteiger partial charge on any atom is -0.339 e. The second-order valence-electron chi connectivity index (χ2n) is 5.99. The molecule has 1 N–H and O–H groups in total. The predicted molar refractivity (Wildman–Crippen MR) is 106 cm³/mol. The molecule has 1 fully saturated rings. The van der Waals surface area contributed by atoms with Crippen molar-refractivity contribution < 1.29 is 9.59 Å². The predicted octanol–water partition coefficient (Wildman–Crippen LogP) is 3.94. The van der Waals surface area contributed by atoms with Crippen LogP contribution in [0.25, 0.3) is 10.6 Å². The number of piperidine rings is 1. The third kappa shape index (κ3) is 5.05. The normalized spacial score (nSPS) is 17.5. The Balaban J connectivity index is 1.41. The zero-order chi connectivity index (χ0) is 17.6. The third-order valence-electron chi connectivity index (χ3n) is 4.11. The molecule has 25 heavy (non-hydrogen) atoms. The van der Waals surface area contributed by atoms with Gasteiger partial charge in [-0.3, -0.25) is 9.59 Å². The van der Waals surface area contributed by atoms with Crippen LogP contribution in [0.4, 0.5) is 5.13 Å². The first-order valence-electron chi connectivity index (χ1n) is 8.30. The quantitative estimate of drug-likeness (QED) is 0.805. The molecule has 0 radical (unpaired) electrons. The van der Waals surface area contributed by atoms with Gasteiger partial charge in [-0.1, -0.05) is 6.07 Å². The summed E-state index contributed by atoms with van der Waals surface area (Å²) in [4.78, 5) is 31.8. The fraction of sp³-hybridized carbons (Fsp3) is 0.471. The Bertz CT molecular complexity index is 715. The van der Waals surface area contributed by atoms with E-state index in [4.69, 9.17) is 0 Å². The lowest BCUT2D eigenvalue weighted by atomic mass is 10.0. The monoisotopic (exact) mass is 395 g/mol. The molecule has 0 saturated carbocycles. The van der Waals surface area contributed by atoms with Gasteiger partial charge in [0.05, 0.1) is 22.1 Å². The highest BCUT2D eigenvalue weighted by molar-refractivity contribution is 8.00. The molecule has 1 saturated heterocycles. The third-order valence-corrected chi connectivity index (χ3v) is 6.67. The number of thiazole rings is 1. The summed E-state index contributed by atoms with van der Waals surface area (Å²) in [6.07, 6.45) is 3.35. The molecule has 1 aliphatic rings. The average Bonchev–Trinajstić information content (AvgIpc) is 3.26. The number of nitrogens with one attached hydrogen (secondary N) is 1. The van der Waals surface area contributed by atoms with Gasteiger partial charge in [-0.05, 0) is 37.6 Å². The number of hydrogen-bond acceptors (Lipinski definition) is 6. The van der Waals surface area contributed by atoms with Crippen molar-refractivity contribution in [3.05, 3.63) is 22.9 Å². The smallest absolute Gasteiger partial charge is 0.236 e. The van der Waals surface area contributed by atoms with Gasteiger partial charge in [-0.2, -0.15) is 0 Å². The molecule has 134 valence electrons. The van der Waals surface area contributed by atoms with Gasteiger partial charge in [0.15, 0.2) is 5.13 Å². The molecule has 8 heteroatoms. The fourth-order valence-electron chi connectivity index (χ4n) is 2.81. The van der Waals surface area contributed by atoms with Crippen molar-refractivity contribution in [1.29, 1.82) is 0 Å². The lowest BCUT2D eigenvalue weighted by molar-refractivity contribution is -0.131. The molecular weight excluding hydrogens is 374 g/mol. The van der Waals surface area contributed by atoms with E-state index >= 15 is 0 Å². The number of thioether (sulfide) groups is 1. The van der Waals surface area contributed by atoms with E-state index in [1.807, 2.05) is 27.8 Å². The minimum absolute atomic E-state index is 0.114. The number of carbonyl (C=O) groups excluding carboxylic acids is 2. The largest absolute Gasteiger partial charge is 0.339 e. The van der Waals surface area contributed by atoms with Crippen LogP contribution in [0.2, 0.25) is 0 Å². The van der Waals surface area contributed by atoms with E-state index in [-0.39, 0.29) is 17.6 Å². The summed E-state index contributed by atoms with van der Waals surface area (Å²) < 4.78 is 0. The Hall–Kier alpha value is -1.38. The summed E-state index contributed by atoms with van der Waals surface area (Å²) in [6.45, 7) is 2.94. The molecule has 5 nitrogen and oxygen atoms in total. The second kappa shape index (κ2) is 8.82. The topological polar surface area (TPSA) is 62.3 Å². The number of hydrogen-bond donors (Lipinski definition) is 1. The Morgan fingerprint density at radius 2 is 2.24 bits per heavy atom. The number of anilines is 1. The first kappa shape index (κ1) is 18.4. The van der Waals surface area contributed by atoms with E-state index < -0.39 is 0 Å². The van der Waals surface area contributed by atoms with Crippen LogP contribution in [-0.4, -0.2) is 45.8 Å². The molecular formula is C17H21N3O2S3.